The molecule has 4 bridgehead atoms. The highest BCUT2D eigenvalue weighted by molar-refractivity contribution is 5.97. The van der Waals surface area contributed by atoms with Crippen LogP contribution in [-0.4, -0.2) is 41.4 Å². The molecule has 0 spiro atoms. The number of rotatable bonds is 6. The summed E-state index contributed by atoms with van der Waals surface area (Å²) in [5.41, 5.74) is 1.30. The zero-order chi connectivity index (χ0) is 21.6. The van der Waals surface area contributed by atoms with Crippen molar-refractivity contribution in [3.05, 3.63) is 71.8 Å². The number of carbonyl (C=O) groups excluding carboxylic acids is 2. The molecule has 5 nitrogen and oxygen atoms in total. The molecular weight excluding hydrogens is 386 g/mol. The summed E-state index contributed by atoms with van der Waals surface area (Å²) in [6.07, 6.45) is 0.703. The molecule has 4 aliphatic rings. The summed E-state index contributed by atoms with van der Waals surface area (Å²) in [5.74, 6) is 0.658. The Bertz CT molecular complexity index is 961. The molecule has 1 aliphatic carbocycles. The fraction of sp³-hybridized carbons (Fsp3) is 0.462. The topological polar surface area (TPSA) is 61.4 Å². The van der Waals surface area contributed by atoms with Crippen LogP contribution >= 0.6 is 0 Å². The molecule has 0 unspecified atom stereocenters. The molecule has 2 aromatic rings. The number of hydrogen-bond donors (Lipinski definition) is 2. The van der Waals surface area contributed by atoms with E-state index in [1.165, 1.54) is 0 Å². The van der Waals surface area contributed by atoms with Gasteiger partial charge in [0.15, 0.2) is 0 Å². The zero-order valence-electron chi connectivity index (χ0n) is 18.3. The van der Waals surface area contributed by atoms with Crippen molar-refractivity contribution in [3.8, 4) is 0 Å². The van der Waals surface area contributed by atoms with Crippen LogP contribution in [0, 0.1) is 17.8 Å². The van der Waals surface area contributed by atoms with Gasteiger partial charge in [0.05, 0.1) is 5.92 Å². The summed E-state index contributed by atoms with van der Waals surface area (Å²) in [4.78, 5) is 29.5. The van der Waals surface area contributed by atoms with Gasteiger partial charge in [0.2, 0.25) is 11.8 Å². The van der Waals surface area contributed by atoms with Gasteiger partial charge in [0.25, 0.3) is 0 Å². The molecule has 5 atom stereocenters. The van der Waals surface area contributed by atoms with E-state index < -0.39 is 5.54 Å². The molecule has 1 saturated carbocycles. The highest BCUT2D eigenvalue weighted by Gasteiger charge is 2.68. The molecule has 3 saturated heterocycles. The van der Waals surface area contributed by atoms with E-state index in [1.54, 1.807) is 0 Å². The fourth-order valence-corrected chi connectivity index (χ4v) is 6.32. The predicted molar refractivity (Wildman–Crippen MR) is 120 cm³/mol. The lowest BCUT2D eigenvalue weighted by atomic mass is 9.57. The molecule has 2 aromatic carbocycles. The average molecular weight is 418 g/mol. The molecule has 5 heteroatoms. The van der Waals surface area contributed by atoms with Crippen LogP contribution in [0.25, 0.3) is 0 Å². The first-order valence-corrected chi connectivity index (χ1v) is 11.4. The van der Waals surface area contributed by atoms with Crippen molar-refractivity contribution in [2.75, 3.05) is 13.1 Å². The second-order valence-corrected chi connectivity index (χ2v) is 9.85. The maximum Gasteiger partial charge on any atom is 0.246 e. The maximum atomic E-state index is 13.8. The molecule has 3 aliphatic heterocycles. The third-order valence-corrected chi connectivity index (χ3v) is 7.33. The van der Waals surface area contributed by atoms with Crippen molar-refractivity contribution in [1.29, 1.82) is 0 Å². The van der Waals surface area contributed by atoms with Gasteiger partial charge in [-0.1, -0.05) is 74.5 Å². The van der Waals surface area contributed by atoms with Gasteiger partial charge >= 0.3 is 0 Å². The Kier molecular flexibility index (Phi) is 5.09. The first-order chi connectivity index (χ1) is 15.0. The second-order valence-electron chi connectivity index (χ2n) is 9.85. The van der Waals surface area contributed by atoms with Gasteiger partial charge in [-0.2, -0.15) is 0 Å². The van der Waals surface area contributed by atoms with Crippen LogP contribution in [0.5, 0.6) is 0 Å². The maximum absolute atomic E-state index is 13.8. The van der Waals surface area contributed by atoms with Crippen LogP contribution < -0.4 is 10.6 Å². The Morgan fingerprint density at radius 2 is 1.81 bits per heavy atom. The molecule has 3 heterocycles. The van der Waals surface area contributed by atoms with Crippen LogP contribution in [0.15, 0.2) is 60.7 Å². The molecule has 0 radical (unpaired) electrons. The van der Waals surface area contributed by atoms with Crippen molar-refractivity contribution in [3.63, 3.8) is 0 Å². The lowest BCUT2D eigenvalue weighted by molar-refractivity contribution is -0.150. The van der Waals surface area contributed by atoms with E-state index in [4.69, 9.17) is 0 Å². The number of nitrogens with one attached hydrogen (secondary N) is 2. The van der Waals surface area contributed by atoms with Gasteiger partial charge < -0.3 is 10.6 Å². The number of nitrogens with zero attached hydrogens (tertiary/aromatic N) is 1. The summed E-state index contributed by atoms with van der Waals surface area (Å²) in [7, 11) is 0. The monoisotopic (exact) mass is 417 g/mol. The number of amides is 2. The number of likely N-dealkylation sites (tertiary alicyclic amines) is 1. The first kappa shape index (κ1) is 20.3. The van der Waals surface area contributed by atoms with Crippen LogP contribution in [0.3, 0.4) is 0 Å². The predicted octanol–water partition coefficient (Wildman–Crippen LogP) is 2.93. The molecule has 2 amide bonds. The Hall–Kier alpha value is -2.66. The van der Waals surface area contributed by atoms with Gasteiger partial charge in [-0.15, -0.1) is 0 Å². The second kappa shape index (κ2) is 7.79. The van der Waals surface area contributed by atoms with Crippen LogP contribution in [0.4, 0.5) is 0 Å². The van der Waals surface area contributed by atoms with E-state index in [2.05, 4.69) is 41.5 Å². The van der Waals surface area contributed by atoms with Crippen molar-refractivity contribution in [1.82, 2.24) is 15.5 Å². The van der Waals surface area contributed by atoms with Gasteiger partial charge in [-0.3, -0.25) is 14.5 Å². The quantitative estimate of drug-likeness (QED) is 0.760. The number of hydrogen-bond acceptors (Lipinski definition) is 3. The number of carbonyl (C=O) groups is 2. The van der Waals surface area contributed by atoms with E-state index in [0.29, 0.717) is 18.9 Å². The van der Waals surface area contributed by atoms with Gasteiger partial charge in [0.1, 0.15) is 5.54 Å². The number of benzene rings is 2. The van der Waals surface area contributed by atoms with E-state index in [9.17, 15) is 9.59 Å². The Morgan fingerprint density at radius 3 is 2.48 bits per heavy atom. The molecule has 162 valence electrons. The molecule has 4 fully saturated rings. The summed E-state index contributed by atoms with van der Waals surface area (Å²) >= 11 is 0. The van der Waals surface area contributed by atoms with E-state index in [1.807, 2.05) is 48.5 Å². The Morgan fingerprint density at radius 1 is 1.13 bits per heavy atom. The lowest BCUT2D eigenvalue weighted by Crippen LogP contribution is -2.74. The third kappa shape index (κ3) is 3.35. The van der Waals surface area contributed by atoms with Crippen molar-refractivity contribution < 1.29 is 9.59 Å². The summed E-state index contributed by atoms with van der Waals surface area (Å²) in [5, 5.41) is 6.37. The largest absolute Gasteiger partial charge is 0.350 e. The lowest BCUT2D eigenvalue weighted by Gasteiger charge is -2.55. The van der Waals surface area contributed by atoms with Gasteiger partial charge in [0, 0.05) is 31.6 Å². The van der Waals surface area contributed by atoms with Gasteiger partial charge in [-0.25, -0.2) is 0 Å². The van der Waals surface area contributed by atoms with E-state index in [-0.39, 0.29) is 35.6 Å². The standard InChI is InChI=1S/C26H31N3O2/c1-17(2)15-29-16-20-13-26(25(31)27-14-18-9-5-3-6-10-18)22(19-11-7-4-8-12-19)23(29)21(20)24(30)28-26/h3-12,17,20-23H,13-16H2,1-2H3,(H,27,31)(H,28,30)/t20-,21-,22-,23+,26+/m1/s1. The average Bonchev–Trinajstić information content (AvgIpc) is 3.05. The third-order valence-electron chi connectivity index (χ3n) is 7.33. The SMILES string of the molecule is CC(C)CN1C[C@H]2C[C@]3(C(=O)NCc4ccccc4)NC(=O)[C@H]2[C@H]1[C@H]3c1ccccc1. The summed E-state index contributed by atoms with van der Waals surface area (Å²) in [6.45, 7) is 6.77. The molecular formula is C26H31N3O2. The molecule has 0 aromatic heterocycles. The molecule has 2 N–H and O–H groups in total. The van der Waals surface area contributed by atoms with Gasteiger partial charge in [-0.05, 0) is 29.4 Å². The van der Waals surface area contributed by atoms with Crippen molar-refractivity contribution in [2.24, 2.45) is 17.8 Å². The fourth-order valence-electron chi connectivity index (χ4n) is 6.32. The highest BCUT2D eigenvalue weighted by Crippen LogP contribution is 2.56. The Balaban J connectivity index is 1.52. The van der Waals surface area contributed by atoms with E-state index in [0.717, 1.165) is 24.2 Å². The number of fused-ring (bicyclic) bond motifs is 1. The summed E-state index contributed by atoms with van der Waals surface area (Å²) < 4.78 is 0. The molecule has 31 heavy (non-hydrogen) atoms. The highest BCUT2D eigenvalue weighted by atomic mass is 16.2. The van der Waals surface area contributed by atoms with Crippen LogP contribution in [-0.2, 0) is 16.1 Å². The normalized spacial score (nSPS) is 31.6. The minimum absolute atomic E-state index is 0.0345. The van der Waals surface area contributed by atoms with Crippen molar-refractivity contribution in [2.45, 2.75) is 44.3 Å². The first-order valence-electron chi connectivity index (χ1n) is 11.4. The van der Waals surface area contributed by atoms with Crippen LogP contribution in [0.2, 0.25) is 0 Å². The number of piperidine rings is 2. The molecule has 6 rings (SSSR count). The summed E-state index contributed by atoms with van der Waals surface area (Å²) in [6, 6.07) is 20.3. The Labute approximate surface area is 184 Å². The van der Waals surface area contributed by atoms with Crippen molar-refractivity contribution >= 4 is 11.8 Å². The van der Waals surface area contributed by atoms with E-state index >= 15 is 0 Å². The van der Waals surface area contributed by atoms with Crippen LogP contribution in [0.1, 0.15) is 37.3 Å². The minimum Gasteiger partial charge on any atom is -0.350 e. The zero-order valence-corrected chi connectivity index (χ0v) is 18.3. The smallest absolute Gasteiger partial charge is 0.246 e. The minimum atomic E-state index is -0.900.